The Morgan fingerprint density at radius 1 is 1.38 bits per heavy atom. The Morgan fingerprint density at radius 3 is 3.00 bits per heavy atom. The first-order valence-electron chi connectivity index (χ1n) is 5.17. The minimum absolute atomic E-state index is 0.129. The van der Waals surface area contributed by atoms with E-state index in [0.29, 0.717) is 12.2 Å². The summed E-state index contributed by atoms with van der Waals surface area (Å²) in [6.45, 7) is 0.618. The molecule has 2 rings (SSSR count). The van der Waals surface area contributed by atoms with Crippen molar-refractivity contribution in [2.24, 2.45) is 0 Å². The fraction of sp³-hybridized carbons (Fsp3) is 0.167. The van der Waals surface area contributed by atoms with Crippen molar-refractivity contribution >= 4 is 5.91 Å². The van der Waals surface area contributed by atoms with Crippen LogP contribution in [-0.4, -0.2) is 22.4 Å². The molecule has 16 heavy (non-hydrogen) atoms. The summed E-state index contributed by atoms with van der Waals surface area (Å²) in [4.78, 5) is 18.5. The maximum absolute atomic E-state index is 11.6. The van der Waals surface area contributed by atoms with Gasteiger partial charge >= 0.3 is 0 Å². The number of hydrogen-bond acceptors (Lipinski definition) is 2. The molecule has 2 heterocycles. The number of pyridine rings is 1. The van der Waals surface area contributed by atoms with Crippen molar-refractivity contribution in [1.82, 2.24) is 15.3 Å². The van der Waals surface area contributed by atoms with Gasteiger partial charge in [-0.2, -0.15) is 0 Å². The Balaban J connectivity index is 1.81. The van der Waals surface area contributed by atoms with Crippen molar-refractivity contribution in [3.63, 3.8) is 0 Å². The summed E-state index contributed by atoms with van der Waals surface area (Å²) in [6, 6.07) is 7.28. The van der Waals surface area contributed by atoms with Gasteiger partial charge in [0.15, 0.2) is 0 Å². The van der Waals surface area contributed by atoms with Gasteiger partial charge in [-0.05, 0) is 30.2 Å². The molecule has 0 fully saturated rings. The fourth-order valence-electron chi connectivity index (χ4n) is 1.42. The predicted octanol–water partition coefficient (Wildman–Crippen LogP) is 1.38. The number of nitrogens with one attached hydrogen (secondary N) is 2. The van der Waals surface area contributed by atoms with Gasteiger partial charge in [-0.1, -0.05) is 6.07 Å². The van der Waals surface area contributed by atoms with E-state index in [2.05, 4.69) is 15.3 Å². The van der Waals surface area contributed by atoms with Crippen LogP contribution in [0.4, 0.5) is 0 Å². The van der Waals surface area contributed by atoms with Crippen molar-refractivity contribution < 1.29 is 4.79 Å². The van der Waals surface area contributed by atoms with Crippen LogP contribution in [0.5, 0.6) is 0 Å². The summed E-state index contributed by atoms with van der Waals surface area (Å²) in [5.74, 6) is -0.129. The summed E-state index contributed by atoms with van der Waals surface area (Å²) >= 11 is 0. The molecular weight excluding hydrogens is 202 g/mol. The number of carbonyl (C=O) groups excluding carboxylic acids is 1. The molecule has 0 bridgehead atoms. The quantitative estimate of drug-likeness (QED) is 0.809. The van der Waals surface area contributed by atoms with Crippen molar-refractivity contribution in [2.75, 3.05) is 6.54 Å². The molecule has 0 unspecified atom stereocenters. The molecule has 0 saturated heterocycles. The summed E-state index contributed by atoms with van der Waals surface area (Å²) in [5, 5.41) is 2.82. The summed E-state index contributed by atoms with van der Waals surface area (Å²) in [5.41, 5.74) is 1.64. The third-order valence-electron chi connectivity index (χ3n) is 2.26. The van der Waals surface area contributed by atoms with E-state index in [1.807, 2.05) is 18.5 Å². The lowest BCUT2D eigenvalue weighted by Crippen LogP contribution is -2.26. The first-order chi connectivity index (χ1) is 7.86. The van der Waals surface area contributed by atoms with E-state index in [0.717, 1.165) is 6.42 Å². The minimum Gasteiger partial charge on any atom is -0.367 e. The topological polar surface area (TPSA) is 57.8 Å². The highest BCUT2D eigenvalue weighted by molar-refractivity contribution is 5.92. The van der Waals surface area contributed by atoms with E-state index in [1.165, 1.54) is 5.56 Å². The molecule has 4 heteroatoms. The van der Waals surface area contributed by atoms with Gasteiger partial charge in [-0.3, -0.25) is 9.78 Å². The number of carbonyl (C=O) groups is 1. The summed E-state index contributed by atoms with van der Waals surface area (Å²) in [6.07, 6.45) is 6.23. The van der Waals surface area contributed by atoms with Crippen LogP contribution < -0.4 is 5.32 Å². The lowest BCUT2D eigenvalue weighted by Gasteiger charge is -2.02. The zero-order valence-corrected chi connectivity index (χ0v) is 8.81. The van der Waals surface area contributed by atoms with E-state index >= 15 is 0 Å². The van der Waals surface area contributed by atoms with Crippen LogP contribution in [0, 0.1) is 0 Å². The van der Waals surface area contributed by atoms with Crippen molar-refractivity contribution in [3.05, 3.63) is 54.1 Å². The zero-order chi connectivity index (χ0) is 11.2. The standard InChI is InChI=1S/C12H13N3O/c16-12(11-3-1-2-6-14-11)15-8-5-10-4-7-13-9-10/h1-4,6-7,9,13H,5,8H2,(H,15,16). The molecular formula is C12H13N3O. The van der Waals surface area contributed by atoms with Crippen LogP contribution in [0.2, 0.25) is 0 Å². The molecule has 82 valence electrons. The van der Waals surface area contributed by atoms with Crippen molar-refractivity contribution in [1.29, 1.82) is 0 Å². The molecule has 0 aliphatic rings. The molecule has 4 nitrogen and oxygen atoms in total. The van der Waals surface area contributed by atoms with Gasteiger partial charge in [0, 0.05) is 25.1 Å². The second kappa shape index (κ2) is 5.11. The Morgan fingerprint density at radius 2 is 2.31 bits per heavy atom. The fourth-order valence-corrected chi connectivity index (χ4v) is 1.42. The van der Waals surface area contributed by atoms with E-state index in [-0.39, 0.29) is 5.91 Å². The summed E-state index contributed by atoms with van der Waals surface area (Å²) < 4.78 is 0. The molecule has 0 aromatic carbocycles. The molecule has 2 aromatic heterocycles. The molecule has 0 aliphatic heterocycles. The van der Waals surface area contributed by atoms with Gasteiger partial charge in [0.25, 0.3) is 5.91 Å². The highest BCUT2D eigenvalue weighted by Gasteiger charge is 2.04. The normalized spacial score (nSPS) is 10.0. The average Bonchev–Trinajstić information content (AvgIpc) is 2.83. The highest BCUT2D eigenvalue weighted by atomic mass is 16.1. The van der Waals surface area contributed by atoms with E-state index < -0.39 is 0 Å². The first kappa shape index (κ1) is 10.4. The van der Waals surface area contributed by atoms with E-state index in [9.17, 15) is 4.79 Å². The smallest absolute Gasteiger partial charge is 0.269 e. The molecule has 0 atom stereocenters. The van der Waals surface area contributed by atoms with Crippen molar-refractivity contribution in [2.45, 2.75) is 6.42 Å². The van der Waals surface area contributed by atoms with Gasteiger partial charge in [0.05, 0.1) is 0 Å². The molecule has 0 aliphatic carbocycles. The second-order valence-electron chi connectivity index (χ2n) is 3.44. The Kier molecular flexibility index (Phi) is 3.33. The van der Waals surface area contributed by atoms with Crippen LogP contribution in [0.15, 0.2) is 42.9 Å². The molecule has 0 saturated carbocycles. The molecule has 2 N–H and O–H groups in total. The van der Waals surface area contributed by atoms with E-state index in [4.69, 9.17) is 0 Å². The SMILES string of the molecule is O=C(NCCc1cc[nH]c1)c1ccccn1. The van der Waals surface area contributed by atoms with Crippen LogP contribution in [-0.2, 0) is 6.42 Å². The maximum Gasteiger partial charge on any atom is 0.269 e. The minimum atomic E-state index is -0.129. The number of amides is 1. The number of hydrogen-bond donors (Lipinski definition) is 2. The summed E-state index contributed by atoms with van der Waals surface area (Å²) in [7, 11) is 0. The number of rotatable bonds is 4. The molecule has 0 radical (unpaired) electrons. The second-order valence-corrected chi connectivity index (χ2v) is 3.44. The van der Waals surface area contributed by atoms with Gasteiger partial charge < -0.3 is 10.3 Å². The Hall–Kier alpha value is -2.10. The highest BCUT2D eigenvalue weighted by Crippen LogP contribution is 1.97. The third kappa shape index (κ3) is 2.70. The number of aromatic amines is 1. The molecule has 1 amide bonds. The van der Waals surface area contributed by atoms with Gasteiger partial charge in [0.1, 0.15) is 5.69 Å². The monoisotopic (exact) mass is 215 g/mol. The van der Waals surface area contributed by atoms with Gasteiger partial charge in [0.2, 0.25) is 0 Å². The predicted molar refractivity (Wildman–Crippen MR) is 61.1 cm³/mol. The largest absolute Gasteiger partial charge is 0.367 e. The van der Waals surface area contributed by atoms with Gasteiger partial charge in [-0.15, -0.1) is 0 Å². The number of aromatic nitrogens is 2. The maximum atomic E-state index is 11.6. The first-order valence-corrected chi connectivity index (χ1v) is 5.17. The van der Waals surface area contributed by atoms with Crippen LogP contribution in [0.25, 0.3) is 0 Å². The van der Waals surface area contributed by atoms with E-state index in [1.54, 1.807) is 24.4 Å². The number of H-pyrrole nitrogens is 1. The zero-order valence-electron chi connectivity index (χ0n) is 8.81. The third-order valence-corrected chi connectivity index (χ3v) is 2.26. The lowest BCUT2D eigenvalue weighted by molar-refractivity contribution is 0.0949. The number of nitrogens with zero attached hydrogens (tertiary/aromatic N) is 1. The average molecular weight is 215 g/mol. The molecule has 2 aromatic rings. The Labute approximate surface area is 93.7 Å². The van der Waals surface area contributed by atoms with Crippen molar-refractivity contribution in [3.8, 4) is 0 Å². The lowest BCUT2D eigenvalue weighted by atomic mass is 10.2. The Bertz CT molecular complexity index is 437. The van der Waals surface area contributed by atoms with Crippen LogP contribution in [0.3, 0.4) is 0 Å². The van der Waals surface area contributed by atoms with Gasteiger partial charge in [-0.25, -0.2) is 0 Å². The van der Waals surface area contributed by atoms with Crippen LogP contribution >= 0.6 is 0 Å². The molecule has 0 spiro atoms. The van der Waals surface area contributed by atoms with Crippen LogP contribution in [0.1, 0.15) is 16.1 Å².